The number of hydrogen-bond donors (Lipinski definition) is 3. The number of hydrogen-bond acceptors (Lipinski definition) is 9. The third-order valence-electron chi connectivity index (χ3n) is 6.57. The second kappa shape index (κ2) is 10.0. The zero-order chi connectivity index (χ0) is 25.2. The van der Waals surface area contributed by atoms with Crippen LogP contribution in [0.25, 0.3) is 11.4 Å². The van der Waals surface area contributed by atoms with Gasteiger partial charge < -0.3 is 20.5 Å². The van der Waals surface area contributed by atoms with Crippen LogP contribution in [0.4, 0.5) is 16.2 Å². The SMILES string of the molecule is Cc1nc(-c2nnn(C)c2CNc2ncc(F)c(NC3CC3)n2)ccc1O[C@H]1CCC[C@H](C(=O)O)C1. The van der Waals surface area contributed by atoms with E-state index in [-0.39, 0.29) is 23.9 Å². The first-order valence-electron chi connectivity index (χ1n) is 12.2. The van der Waals surface area contributed by atoms with Gasteiger partial charge >= 0.3 is 5.97 Å². The maximum absolute atomic E-state index is 14.0. The number of aliphatic carboxylic acids is 1. The van der Waals surface area contributed by atoms with Crippen LogP contribution >= 0.6 is 0 Å². The topological polar surface area (TPSA) is 140 Å². The van der Waals surface area contributed by atoms with E-state index in [0.29, 0.717) is 48.2 Å². The Labute approximate surface area is 207 Å². The van der Waals surface area contributed by atoms with Crippen molar-refractivity contribution in [1.82, 2.24) is 29.9 Å². The van der Waals surface area contributed by atoms with Crippen molar-refractivity contribution in [3.05, 3.63) is 35.5 Å². The summed E-state index contributed by atoms with van der Waals surface area (Å²) in [5.41, 5.74) is 2.68. The van der Waals surface area contributed by atoms with Gasteiger partial charge in [-0.1, -0.05) is 5.21 Å². The van der Waals surface area contributed by atoms with Gasteiger partial charge in [-0.05, 0) is 57.6 Å². The number of anilines is 2. The highest BCUT2D eigenvalue weighted by Crippen LogP contribution is 2.31. The molecule has 0 aliphatic heterocycles. The minimum absolute atomic E-state index is 0.141. The summed E-state index contributed by atoms with van der Waals surface area (Å²) in [6.07, 6.45) is 5.88. The van der Waals surface area contributed by atoms with Crippen molar-refractivity contribution in [1.29, 1.82) is 0 Å². The average Bonchev–Trinajstić information content (AvgIpc) is 3.61. The van der Waals surface area contributed by atoms with Crippen LogP contribution in [0, 0.1) is 18.7 Å². The van der Waals surface area contributed by atoms with E-state index in [4.69, 9.17) is 4.74 Å². The summed E-state index contributed by atoms with van der Waals surface area (Å²) in [5.74, 6) is -0.487. The number of rotatable bonds is 9. The van der Waals surface area contributed by atoms with Crippen LogP contribution in [0.3, 0.4) is 0 Å². The fourth-order valence-corrected chi connectivity index (χ4v) is 4.37. The zero-order valence-corrected chi connectivity index (χ0v) is 20.2. The maximum Gasteiger partial charge on any atom is 0.306 e. The van der Waals surface area contributed by atoms with Gasteiger partial charge in [0.15, 0.2) is 11.6 Å². The molecule has 0 radical (unpaired) electrons. The lowest BCUT2D eigenvalue weighted by Crippen LogP contribution is -2.29. The number of halogens is 1. The van der Waals surface area contributed by atoms with Crippen LogP contribution in [-0.4, -0.2) is 53.2 Å². The second-order valence-electron chi connectivity index (χ2n) is 9.39. The molecule has 11 nitrogen and oxygen atoms in total. The monoisotopic (exact) mass is 496 g/mol. The van der Waals surface area contributed by atoms with E-state index in [9.17, 15) is 14.3 Å². The van der Waals surface area contributed by atoms with Crippen molar-refractivity contribution in [2.24, 2.45) is 13.0 Å². The molecule has 12 heteroatoms. The summed E-state index contributed by atoms with van der Waals surface area (Å²) >= 11 is 0. The lowest BCUT2D eigenvalue weighted by Gasteiger charge is -2.27. The molecule has 5 rings (SSSR count). The zero-order valence-electron chi connectivity index (χ0n) is 20.2. The van der Waals surface area contributed by atoms with Crippen molar-refractivity contribution in [2.45, 2.75) is 64.1 Å². The molecule has 0 spiro atoms. The number of ether oxygens (including phenoxy) is 1. The van der Waals surface area contributed by atoms with Crippen molar-refractivity contribution in [2.75, 3.05) is 10.6 Å². The molecule has 3 N–H and O–H groups in total. The molecule has 2 atom stereocenters. The van der Waals surface area contributed by atoms with Crippen LogP contribution in [-0.2, 0) is 18.4 Å². The largest absolute Gasteiger partial charge is 0.489 e. The summed E-state index contributed by atoms with van der Waals surface area (Å²) in [4.78, 5) is 24.3. The Bertz CT molecular complexity index is 1260. The molecule has 2 aliphatic rings. The number of nitrogens with one attached hydrogen (secondary N) is 2. The van der Waals surface area contributed by atoms with Gasteiger partial charge in [0.2, 0.25) is 5.95 Å². The summed E-state index contributed by atoms with van der Waals surface area (Å²) in [7, 11) is 1.78. The maximum atomic E-state index is 14.0. The Balaban J connectivity index is 1.28. The van der Waals surface area contributed by atoms with Crippen molar-refractivity contribution < 1.29 is 19.0 Å². The summed E-state index contributed by atoms with van der Waals surface area (Å²) < 4.78 is 21.8. The van der Waals surface area contributed by atoms with E-state index in [1.807, 2.05) is 19.1 Å². The number of carboxylic acid groups (broad SMARTS) is 1. The minimum atomic E-state index is -0.765. The van der Waals surface area contributed by atoms with Gasteiger partial charge in [-0.25, -0.2) is 19.0 Å². The highest BCUT2D eigenvalue weighted by molar-refractivity contribution is 5.70. The molecule has 3 heterocycles. The molecular formula is C24H29FN8O3. The van der Waals surface area contributed by atoms with Crippen LogP contribution in [0.5, 0.6) is 5.75 Å². The predicted octanol–water partition coefficient (Wildman–Crippen LogP) is 3.32. The number of nitrogens with zero attached hydrogens (tertiary/aromatic N) is 6. The van der Waals surface area contributed by atoms with Gasteiger partial charge in [-0.2, -0.15) is 4.98 Å². The van der Waals surface area contributed by atoms with Crippen molar-refractivity contribution in [3.63, 3.8) is 0 Å². The van der Waals surface area contributed by atoms with E-state index in [2.05, 4.69) is 35.9 Å². The number of carbonyl (C=O) groups is 1. The van der Waals surface area contributed by atoms with E-state index in [1.54, 1.807) is 11.7 Å². The molecule has 36 heavy (non-hydrogen) atoms. The molecule has 0 bridgehead atoms. The fourth-order valence-electron chi connectivity index (χ4n) is 4.37. The molecule has 0 unspecified atom stereocenters. The Morgan fingerprint density at radius 3 is 2.83 bits per heavy atom. The molecule has 3 aromatic rings. The standard InChI is InChI=1S/C24H29FN8O3/c1-13-20(36-16-5-3-4-14(10-16)23(34)35)9-8-18(28-13)21-19(33(2)32-31-21)12-27-24-26-11-17(25)22(30-24)29-15-6-7-15/h8-9,11,14-16H,3-7,10,12H2,1-2H3,(H,34,35)(H2,26,27,29,30)/t14-,16-/m0/s1. The van der Waals surface area contributed by atoms with E-state index >= 15 is 0 Å². The number of aromatic nitrogens is 6. The van der Waals surface area contributed by atoms with Crippen molar-refractivity contribution in [3.8, 4) is 17.1 Å². The van der Waals surface area contributed by atoms with Crippen LogP contribution in [0.2, 0.25) is 0 Å². The van der Waals surface area contributed by atoms with Crippen molar-refractivity contribution >= 4 is 17.7 Å². The quantitative estimate of drug-likeness (QED) is 0.404. The smallest absolute Gasteiger partial charge is 0.306 e. The van der Waals surface area contributed by atoms with Crippen LogP contribution in [0.1, 0.15) is 49.9 Å². The van der Waals surface area contributed by atoms with Crippen LogP contribution in [0.15, 0.2) is 18.3 Å². The minimum Gasteiger partial charge on any atom is -0.489 e. The average molecular weight is 497 g/mol. The highest BCUT2D eigenvalue weighted by atomic mass is 19.1. The summed E-state index contributed by atoms with van der Waals surface area (Å²) in [5, 5.41) is 23.9. The lowest BCUT2D eigenvalue weighted by atomic mass is 9.87. The van der Waals surface area contributed by atoms with Crippen LogP contribution < -0.4 is 15.4 Å². The van der Waals surface area contributed by atoms with E-state index < -0.39 is 11.8 Å². The number of pyridine rings is 1. The third-order valence-corrected chi connectivity index (χ3v) is 6.57. The molecule has 2 aliphatic carbocycles. The van der Waals surface area contributed by atoms with Gasteiger partial charge in [0.1, 0.15) is 11.4 Å². The summed E-state index contributed by atoms with van der Waals surface area (Å²) in [6, 6.07) is 3.93. The third kappa shape index (κ3) is 5.37. The molecule has 0 amide bonds. The van der Waals surface area contributed by atoms with Gasteiger partial charge in [-0.3, -0.25) is 4.79 Å². The Morgan fingerprint density at radius 1 is 1.25 bits per heavy atom. The predicted molar refractivity (Wildman–Crippen MR) is 129 cm³/mol. The van der Waals surface area contributed by atoms with E-state index in [0.717, 1.165) is 37.6 Å². The van der Waals surface area contributed by atoms with Gasteiger partial charge in [-0.15, -0.1) is 5.10 Å². The Morgan fingerprint density at radius 2 is 2.08 bits per heavy atom. The first-order chi connectivity index (χ1) is 17.4. The molecule has 0 aromatic carbocycles. The Hall–Kier alpha value is -3.83. The van der Waals surface area contributed by atoms with Gasteiger partial charge in [0, 0.05) is 13.1 Å². The summed E-state index contributed by atoms with van der Waals surface area (Å²) in [6.45, 7) is 2.16. The lowest BCUT2D eigenvalue weighted by molar-refractivity contribution is -0.143. The molecule has 2 fully saturated rings. The van der Waals surface area contributed by atoms with E-state index in [1.165, 1.54) is 0 Å². The molecule has 2 saturated carbocycles. The fraction of sp³-hybridized carbons (Fsp3) is 0.500. The number of aryl methyl sites for hydroxylation is 2. The Kier molecular flexibility index (Phi) is 6.66. The first kappa shape index (κ1) is 23.9. The molecule has 3 aromatic heterocycles. The molecular weight excluding hydrogens is 467 g/mol. The molecule has 190 valence electrons. The number of carboxylic acids is 1. The second-order valence-corrected chi connectivity index (χ2v) is 9.39. The van der Waals surface area contributed by atoms with Gasteiger partial charge in [0.05, 0.1) is 41.8 Å². The first-order valence-corrected chi connectivity index (χ1v) is 12.2. The highest BCUT2D eigenvalue weighted by Gasteiger charge is 2.29. The van der Waals surface area contributed by atoms with Gasteiger partial charge in [0.25, 0.3) is 0 Å². The molecule has 0 saturated heterocycles. The normalized spacial score (nSPS) is 19.6.